The fourth-order valence-electron chi connectivity index (χ4n) is 2.64. The summed E-state index contributed by atoms with van der Waals surface area (Å²) >= 11 is 0. The maximum atomic E-state index is 4.71. The first-order valence-electron chi connectivity index (χ1n) is 7.80. The second kappa shape index (κ2) is 6.13. The van der Waals surface area contributed by atoms with Crippen LogP contribution in [0.15, 0.2) is 12.3 Å². The minimum Gasteiger partial charge on any atom is -0.356 e. The Kier molecular flexibility index (Phi) is 4.69. The fourth-order valence-corrected chi connectivity index (χ4v) is 2.64. The Hall–Kier alpha value is -1.09. The van der Waals surface area contributed by atoms with Crippen LogP contribution in [0.25, 0.3) is 0 Å². The molecule has 1 aliphatic heterocycles. The number of nitrogens with zero attached hydrogens (tertiary/aromatic N) is 2. The highest BCUT2D eigenvalue weighted by atomic mass is 15.2. The van der Waals surface area contributed by atoms with Crippen molar-refractivity contribution >= 4 is 5.82 Å². The van der Waals surface area contributed by atoms with E-state index in [2.05, 4.69) is 50.9 Å². The SMILES string of the molecule is Cc1cc(CNC(C)(C)C)cnc1N1CCC(C)CC1. The Morgan fingerprint density at radius 2 is 1.95 bits per heavy atom. The lowest BCUT2D eigenvalue weighted by Crippen LogP contribution is -2.35. The van der Waals surface area contributed by atoms with Crippen LogP contribution in [-0.2, 0) is 6.54 Å². The molecule has 112 valence electrons. The molecule has 0 atom stereocenters. The van der Waals surface area contributed by atoms with Crippen molar-refractivity contribution in [2.75, 3.05) is 18.0 Å². The molecule has 1 fully saturated rings. The second-order valence-electron chi connectivity index (χ2n) is 7.26. The smallest absolute Gasteiger partial charge is 0.131 e. The average molecular weight is 275 g/mol. The van der Waals surface area contributed by atoms with Crippen molar-refractivity contribution in [3.05, 3.63) is 23.4 Å². The van der Waals surface area contributed by atoms with Crippen molar-refractivity contribution in [1.29, 1.82) is 0 Å². The van der Waals surface area contributed by atoms with Gasteiger partial charge in [-0.15, -0.1) is 0 Å². The van der Waals surface area contributed by atoms with Gasteiger partial charge in [-0.1, -0.05) is 6.92 Å². The van der Waals surface area contributed by atoms with Crippen LogP contribution in [-0.4, -0.2) is 23.6 Å². The third kappa shape index (κ3) is 4.20. The monoisotopic (exact) mass is 275 g/mol. The van der Waals surface area contributed by atoms with Gasteiger partial charge < -0.3 is 10.2 Å². The first-order chi connectivity index (χ1) is 9.35. The first-order valence-corrected chi connectivity index (χ1v) is 7.80. The van der Waals surface area contributed by atoms with Gasteiger partial charge in [-0.25, -0.2) is 4.98 Å². The average Bonchev–Trinajstić information content (AvgIpc) is 2.37. The van der Waals surface area contributed by atoms with Gasteiger partial charge in [-0.3, -0.25) is 0 Å². The number of hydrogen-bond donors (Lipinski definition) is 1. The molecule has 3 heteroatoms. The van der Waals surface area contributed by atoms with E-state index in [-0.39, 0.29) is 5.54 Å². The van der Waals surface area contributed by atoms with E-state index in [1.165, 1.54) is 29.8 Å². The molecule has 2 heterocycles. The number of hydrogen-bond acceptors (Lipinski definition) is 3. The van der Waals surface area contributed by atoms with Crippen LogP contribution in [0.2, 0.25) is 0 Å². The predicted molar refractivity (Wildman–Crippen MR) is 86.2 cm³/mol. The largest absolute Gasteiger partial charge is 0.356 e. The normalized spacial score (nSPS) is 17.6. The van der Waals surface area contributed by atoms with E-state index >= 15 is 0 Å². The number of anilines is 1. The quantitative estimate of drug-likeness (QED) is 0.915. The van der Waals surface area contributed by atoms with Crippen LogP contribution < -0.4 is 10.2 Å². The summed E-state index contributed by atoms with van der Waals surface area (Å²) in [6.45, 7) is 14.3. The zero-order valence-corrected chi connectivity index (χ0v) is 13.7. The number of rotatable bonds is 3. The molecule has 0 saturated carbocycles. The summed E-state index contributed by atoms with van der Waals surface area (Å²) in [5, 5.41) is 3.52. The Morgan fingerprint density at radius 3 is 2.50 bits per heavy atom. The van der Waals surface area contributed by atoms with Gasteiger partial charge in [0, 0.05) is 31.4 Å². The van der Waals surface area contributed by atoms with Crippen molar-refractivity contribution in [2.24, 2.45) is 5.92 Å². The zero-order valence-electron chi connectivity index (χ0n) is 13.7. The van der Waals surface area contributed by atoms with Crippen LogP contribution in [0.3, 0.4) is 0 Å². The van der Waals surface area contributed by atoms with Gasteiger partial charge in [0.15, 0.2) is 0 Å². The number of pyridine rings is 1. The third-order valence-corrected chi connectivity index (χ3v) is 4.01. The molecule has 0 bridgehead atoms. The van der Waals surface area contributed by atoms with E-state index in [4.69, 9.17) is 4.98 Å². The van der Waals surface area contributed by atoms with E-state index in [1.807, 2.05) is 6.20 Å². The van der Waals surface area contributed by atoms with Gasteiger partial charge in [0.2, 0.25) is 0 Å². The number of aromatic nitrogens is 1. The van der Waals surface area contributed by atoms with Gasteiger partial charge in [0.1, 0.15) is 5.82 Å². The summed E-state index contributed by atoms with van der Waals surface area (Å²) in [4.78, 5) is 7.15. The Bertz CT molecular complexity index is 440. The lowest BCUT2D eigenvalue weighted by molar-refractivity contribution is 0.423. The summed E-state index contributed by atoms with van der Waals surface area (Å²) in [6, 6.07) is 2.28. The van der Waals surface area contributed by atoms with Crippen LogP contribution >= 0.6 is 0 Å². The van der Waals surface area contributed by atoms with Gasteiger partial charge in [-0.05, 0) is 63.6 Å². The molecule has 2 rings (SSSR count). The third-order valence-electron chi connectivity index (χ3n) is 4.01. The van der Waals surface area contributed by atoms with Crippen molar-refractivity contribution in [1.82, 2.24) is 10.3 Å². The number of nitrogens with one attached hydrogen (secondary N) is 1. The molecule has 3 nitrogen and oxygen atoms in total. The zero-order chi connectivity index (χ0) is 14.8. The van der Waals surface area contributed by atoms with Crippen LogP contribution in [0, 0.1) is 12.8 Å². The second-order valence-corrected chi connectivity index (χ2v) is 7.26. The standard InChI is InChI=1S/C17H29N3/c1-13-6-8-20(9-7-13)16-14(2)10-15(11-18-16)12-19-17(3,4)5/h10-11,13,19H,6-9,12H2,1-5H3. The minimum absolute atomic E-state index is 0.148. The summed E-state index contributed by atoms with van der Waals surface area (Å²) in [7, 11) is 0. The number of aryl methyl sites for hydroxylation is 1. The van der Waals surface area contributed by atoms with Crippen LogP contribution in [0.5, 0.6) is 0 Å². The Morgan fingerprint density at radius 1 is 1.30 bits per heavy atom. The Labute approximate surface area is 123 Å². The van der Waals surface area contributed by atoms with Gasteiger partial charge in [0.05, 0.1) is 0 Å². The van der Waals surface area contributed by atoms with E-state index in [9.17, 15) is 0 Å². The summed E-state index contributed by atoms with van der Waals surface area (Å²) < 4.78 is 0. The first kappa shape index (κ1) is 15.3. The molecular weight excluding hydrogens is 246 g/mol. The van der Waals surface area contributed by atoms with E-state index < -0.39 is 0 Å². The van der Waals surface area contributed by atoms with Gasteiger partial charge in [0.25, 0.3) is 0 Å². The maximum absolute atomic E-state index is 4.71. The molecule has 1 aromatic heterocycles. The summed E-state index contributed by atoms with van der Waals surface area (Å²) in [5.74, 6) is 2.04. The highest BCUT2D eigenvalue weighted by Crippen LogP contribution is 2.24. The molecule has 0 spiro atoms. The molecular formula is C17H29N3. The van der Waals surface area contributed by atoms with Gasteiger partial charge in [-0.2, -0.15) is 0 Å². The minimum atomic E-state index is 0.148. The molecule has 0 unspecified atom stereocenters. The topological polar surface area (TPSA) is 28.2 Å². The molecule has 0 radical (unpaired) electrons. The van der Waals surface area contributed by atoms with E-state index in [0.717, 1.165) is 25.6 Å². The molecule has 0 amide bonds. The molecule has 1 aromatic rings. The van der Waals surface area contributed by atoms with Gasteiger partial charge >= 0.3 is 0 Å². The molecule has 20 heavy (non-hydrogen) atoms. The number of piperidine rings is 1. The molecule has 0 aromatic carbocycles. The predicted octanol–water partition coefficient (Wildman–Crippen LogP) is 3.51. The summed E-state index contributed by atoms with van der Waals surface area (Å²) in [6.07, 6.45) is 4.60. The molecule has 1 N–H and O–H groups in total. The lowest BCUT2D eigenvalue weighted by atomic mass is 9.99. The molecule has 1 saturated heterocycles. The van der Waals surface area contributed by atoms with E-state index in [0.29, 0.717) is 0 Å². The fraction of sp³-hybridized carbons (Fsp3) is 0.706. The molecule has 1 aliphatic rings. The van der Waals surface area contributed by atoms with Crippen molar-refractivity contribution in [3.8, 4) is 0 Å². The van der Waals surface area contributed by atoms with E-state index in [1.54, 1.807) is 0 Å². The molecule has 0 aliphatic carbocycles. The van der Waals surface area contributed by atoms with Crippen molar-refractivity contribution in [3.63, 3.8) is 0 Å². The lowest BCUT2D eigenvalue weighted by Gasteiger charge is -2.32. The highest BCUT2D eigenvalue weighted by molar-refractivity contribution is 5.47. The summed E-state index contributed by atoms with van der Waals surface area (Å²) in [5.41, 5.74) is 2.72. The van der Waals surface area contributed by atoms with Crippen LogP contribution in [0.4, 0.5) is 5.82 Å². The van der Waals surface area contributed by atoms with Crippen molar-refractivity contribution < 1.29 is 0 Å². The Balaban J connectivity index is 2.02. The van der Waals surface area contributed by atoms with Crippen molar-refractivity contribution in [2.45, 2.75) is 59.5 Å². The maximum Gasteiger partial charge on any atom is 0.131 e. The van der Waals surface area contributed by atoms with Crippen LogP contribution in [0.1, 0.15) is 51.7 Å². The highest BCUT2D eigenvalue weighted by Gasteiger charge is 2.18.